The van der Waals surface area contributed by atoms with Crippen molar-refractivity contribution in [3.8, 4) is 0 Å². The van der Waals surface area contributed by atoms with Gasteiger partial charge in [0.1, 0.15) is 12.4 Å². The molecule has 1 aliphatic heterocycles. The number of aromatic nitrogens is 2. The van der Waals surface area contributed by atoms with E-state index in [0.29, 0.717) is 37.1 Å². The summed E-state index contributed by atoms with van der Waals surface area (Å²) in [7, 11) is 0. The lowest BCUT2D eigenvalue weighted by Crippen LogP contribution is -2.36. The molecule has 2 aromatic rings. The molecule has 1 saturated heterocycles. The van der Waals surface area contributed by atoms with Crippen LogP contribution in [0.25, 0.3) is 6.08 Å². The zero-order valence-corrected chi connectivity index (χ0v) is 18.4. The number of nitrogens with zero attached hydrogens (tertiary/aromatic N) is 2. The van der Waals surface area contributed by atoms with Gasteiger partial charge in [0.25, 0.3) is 0 Å². The van der Waals surface area contributed by atoms with Gasteiger partial charge in [0, 0.05) is 35.9 Å². The Morgan fingerprint density at radius 2 is 2.09 bits per heavy atom. The maximum Gasteiger partial charge on any atom is 0.410 e. The van der Waals surface area contributed by atoms with Gasteiger partial charge in [-0.1, -0.05) is 54.7 Å². The Bertz CT molecular complexity index is 989. The number of amides is 2. The van der Waals surface area contributed by atoms with E-state index in [2.05, 4.69) is 16.5 Å². The zero-order chi connectivity index (χ0) is 22.9. The number of primary amides is 1. The van der Waals surface area contributed by atoms with Crippen molar-refractivity contribution in [2.75, 3.05) is 13.2 Å². The molecule has 8 nitrogen and oxygen atoms in total. The minimum Gasteiger partial charge on any atom is -0.445 e. The topological polar surface area (TPSA) is 118 Å². The van der Waals surface area contributed by atoms with Crippen LogP contribution in [0.4, 0.5) is 4.79 Å². The van der Waals surface area contributed by atoms with Crippen LogP contribution in [-0.4, -0.2) is 56.4 Å². The second kappa shape index (κ2) is 11.3. The van der Waals surface area contributed by atoms with Gasteiger partial charge in [-0.2, -0.15) is 0 Å². The summed E-state index contributed by atoms with van der Waals surface area (Å²) >= 11 is 1.26. The molecule has 1 aromatic heterocycles. The van der Waals surface area contributed by atoms with Crippen molar-refractivity contribution in [1.29, 1.82) is 0 Å². The predicted octanol–water partition coefficient (Wildman–Crippen LogP) is 3.18. The average Bonchev–Trinajstić information content (AvgIpc) is 3.42. The molecule has 0 spiro atoms. The highest BCUT2D eigenvalue weighted by molar-refractivity contribution is 8.14. The van der Waals surface area contributed by atoms with E-state index in [9.17, 15) is 14.4 Å². The maximum atomic E-state index is 12.6. The Kier molecular flexibility index (Phi) is 8.27. The number of nitrogens with two attached hydrogens (primary N) is 1. The molecular formula is C23H26N4O4S. The summed E-state index contributed by atoms with van der Waals surface area (Å²) in [5.41, 5.74) is 6.43. The van der Waals surface area contributed by atoms with Gasteiger partial charge in [0.2, 0.25) is 11.0 Å². The monoisotopic (exact) mass is 454 g/mol. The van der Waals surface area contributed by atoms with Crippen LogP contribution in [0.3, 0.4) is 0 Å². The number of ether oxygens (including phenoxy) is 1. The minimum absolute atomic E-state index is 0.00688. The first-order chi connectivity index (χ1) is 15.5. The molecule has 9 heteroatoms. The van der Waals surface area contributed by atoms with E-state index >= 15 is 0 Å². The van der Waals surface area contributed by atoms with Crippen molar-refractivity contribution in [2.45, 2.75) is 30.6 Å². The third-order valence-electron chi connectivity index (χ3n) is 5.01. The van der Waals surface area contributed by atoms with E-state index in [0.717, 1.165) is 5.82 Å². The van der Waals surface area contributed by atoms with Crippen molar-refractivity contribution < 1.29 is 19.1 Å². The Morgan fingerprint density at radius 3 is 2.81 bits per heavy atom. The molecule has 168 valence electrons. The van der Waals surface area contributed by atoms with E-state index in [1.165, 1.54) is 23.9 Å². The number of likely N-dealkylation sites (tertiary alicyclic amines) is 1. The molecule has 3 rings (SSSR count). The number of imidazole rings is 1. The number of hydrogen-bond acceptors (Lipinski definition) is 6. The van der Waals surface area contributed by atoms with Gasteiger partial charge in [-0.25, -0.2) is 9.78 Å². The van der Waals surface area contributed by atoms with Crippen molar-refractivity contribution in [1.82, 2.24) is 14.9 Å². The highest BCUT2D eigenvalue weighted by Gasteiger charge is 2.37. The molecule has 1 fully saturated rings. The Hall–Kier alpha value is -3.33. The number of nitrogens with one attached hydrogen (secondary N) is 1. The summed E-state index contributed by atoms with van der Waals surface area (Å²) in [5, 5.41) is -0.0257. The first kappa shape index (κ1) is 23.3. The predicted molar refractivity (Wildman–Crippen MR) is 124 cm³/mol. The van der Waals surface area contributed by atoms with Gasteiger partial charge in [0.15, 0.2) is 0 Å². The van der Waals surface area contributed by atoms with Crippen LogP contribution >= 0.6 is 11.8 Å². The lowest BCUT2D eigenvalue weighted by molar-refractivity contribution is -0.113. The molecule has 1 aromatic carbocycles. The van der Waals surface area contributed by atoms with Crippen molar-refractivity contribution in [3.05, 3.63) is 72.3 Å². The van der Waals surface area contributed by atoms with Crippen molar-refractivity contribution in [3.63, 3.8) is 0 Å². The lowest BCUT2D eigenvalue weighted by Gasteiger charge is -2.23. The van der Waals surface area contributed by atoms with Crippen LogP contribution in [0, 0.1) is 0 Å². The van der Waals surface area contributed by atoms with Crippen LogP contribution in [0.15, 0.2) is 55.3 Å². The number of aryl methyl sites for hydroxylation is 1. The molecule has 0 bridgehead atoms. The van der Waals surface area contributed by atoms with Crippen LogP contribution in [0.1, 0.15) is 34.7 Å². The summed E-state index contributed by atoms with van der Waals surface area (Å²) in [4.78, 5) is 45.2. The highest BCUT2D eigenvalue weighted by atomic mass is 32.2. The van der Waals surface area contributed by atoms with Crippen LogP contribution in [0.5, 0.6) is 0 Å². The molecule has 0 radical (unpaired) electrons. The average molecular weight is 455 g/mol. The summed E-state index contributed by atoms with van der Waals surface area (Å²) < 4.78 is 5.25. The summed E-state index contributed by atoms with van der Waals surface area (Å²) in [6, 6.07) is 9.04. The molecule has 0 saturated carbocycles. The van der Waals surface area contributed by atoms with Gasteiger partial charge >= 0.3 is 6.09 Å². The normalized spacial score (nSPS) is 18.1. The number of hydrogen-bond donors (Lipinski definition) is 2. The fraction of sp³-hybridized carbons (Fsp3) is 0.304. The molecule has 2 amide bonds. The smallest absolute Gasteiger partial charge is 0.410 e. The summed E-state index contributed by atoms with van der Waals surface area (Å²) in [6.45, 7) is 4.15. The van der Waals surface area contributed by atoms with E-state index in [1.807, 2.05) is 18.2 Å². The largest absolute Gasteiger partial charge is 0.445 e. The molecule has 1 aliphatic rings. The van der Waals surface area contributed by atoms with Gasteiger partial charge in [-0.3, -0.25) is 9.59 Å². The standard InChI is InChI=1S/C23H26N4O4S/c1-2-12-31-23(30)27-15-19(32-22(29)16-6-4-3-5-7-16)13-18(27)9-11-21-25-14-17(26-21)8-10-20(24)28/h2-8,10,14,18-19H,1,9,11-13,15H2,(H2,24,28)(H,25,26). The van der Waals surface area contributed by atoms with E-state index < -0.39 is 12.0 Å². The summed E-state index contributed by atoms with van der Waals surface area (Å²) in [5.74, 6) is 0.208. The third kappa shape index (κ3) is 6.58. The first-order valence-corrected chi connectivity index (χ1v) is 11.2. The Labute approximate surface area is 190 Å². The van der Waals surface area contributed by atoms with Crippen LogP contribution in [-0.2, 0) is 16.0 Å². The second-order valence-electron chi connectivity index (χ2n) is 7.36. The molecule has 0 aliphatic carbocycles. The lowest BCUT2D eigenvalue weighted by atomic mass is 10.1. The number of carbonyl (C=O) groups excluding carboxylic acids is 3. The van der Waals surface area contributed by atoms with Crippen LogP contribution in [0.2, 0.25) is 0 Å². The Balaban J connectivity index is 1.63. The molecular weight excluding hydrogens is 428 g/mol. The van der Waals surface area contributed by atoms with Crippen molar-refractivity contribution >= 4 is 35.0 Å². The first-order valence-electron chi connectivity index (χ1n) is 10.3. The van der Waals surface area contributed by atoms with Gasteiger partial charge in [0.05, 0.1) is 11.9 Å². The fourth-order valence-electron chi connectivity index (χ4n) is 3.53. The number of H-pyrrole nitrogens is 1. The van der Waals surface area contributed by atoms with Gasteiger partial charge in [-0.05, 0) is 18.9 Å². The molecule has 32 heavy (non-hydrogen) atoms. The Morgan fingerprint density at radius 1 is 1.31 bits per heavy atom. The number of rotatable bonds is 9. The second-order valence-corrected chi connectivity index (χ2v) is 8.63. The maximum absolute atomic E-state index is 12.6. The zero-order valence-electron chi connectivity index (χ0n) is 17.6. The van der Waals surface area contributed by atoms with E-state index in [1.54, 1.807) is 29.3 Å². The quantitative estimate of drug-likeness (QED) is 0.444. The molecule has 2 heterocycles. The minimum atomic E-state index is -0.533. The molecule has 2 unspecified atom stereocenters. The third-order valence-corrected chi connectivity index (χ3v) is 6.13. The highest BCUT2D eigenvalue weighted by Crippen LogP contribution is 2.32. The molecule has 3 N–H and O–H groups in total. The van der Waals surface area contributed by atoms with Gasteiger partial charge in [-0.15, -0.1) is 0 Å². The fourth-order valence-corrected chi connectivity index (χ4v) is 4.66. The molecule has 2 atom stereocenters. The van der Waals surface area contributed by atoms with E-state index in [-0.39, 0.29) is 23.0 Å². The van der Waals surface area contributed by atoms with Crippen molar-refractivity contribution in [2.24, 2.45) is 5.73 Å². The number of thioether (sulfide) groups is 1. The number of benzene rings is 1. The van der Waals surface area contributed by atoms with Crippen LogP contribution < -0.4 is 5.73 Å². The SMILES string of the molecule is C=CCOC(=O)N1CC(SC(=O)c2ccccc2)CC1CCc1ncc(C=CC(N)=O)[nH]1. The van der Waals surface area contributed by atoms with Gasteiger partial charge < -0.3 is 20.4 Å². The number of carbonyl (C=O) groups is 3. The summed E-state index contributed by atoms with van der Waals surface area (Å²) in [6.07, 6.45) is 7.51. The van der Waals surface area contributed by atoms with E-state index in [4.69, 9.17) is 10.5 Å². The number of aromatic amines is 1.